The first-order valence-corrected chi connectivity index (χ1v) is 11.0. The number of pyridine rings is 1. The SMILES string of the molecule is CN(C(=O)c1cc2c(s1)-c1cnc(NC(C)(C)C)cc1OCC2)c1ccccc1Cl. The van der Waals surface area contributed by atoms with E-state index in [0.29, 0.717) is 22.2 Å². The van der Waals surface area contributed by atoms with Gasteiger partial charge in [-0.3, -0.25) is 4.79 Å². The number of nitrogens with one attached hydrogen (secondary N) is 1. The standard InChI is InChI=1S/C23H24ClN3O2S/c1-23(2,3)26-20-12-18-15(13-25-20)21-14(9-10-29-18)11-19(30-21)22(28)27(4)17-8-6-5-7-16(17)24/h5-8,11-13H,9-10H2,1-4H3,(H,25,26). The third kappa shape index (κ3) is 4.16. The molecule has 0 saturated carbocycles. The maximum absolute atomic E-state index is 13.1. The van der Waals surface area contributed by atoms with E-state index >= 15 is 0 Å². The van der Waals surface area contributed by atoms with Crippen LogP contribution in [0.2, 0.25) is 5.02 Å². The third-order valence-electron chi connectivity index (χ3n) is 4.78. The molecule has 0 fully saturated rings. The Kier molecular flexibility index (Phi) is 5.47. The van der Waals surface area contributed by atoms with Crippen molar-refractivity contribution in [3.63, 3.8) is 0 Å². The summed E-state index contributed by atoms with van der Waals surface area (Å²) in [5.74, 6) is 1.48. The number of hydrogen-bond acceptors (Lipinski definition) is 5. The molecular formula is C23H24ClN3O2S. The van der Waals surface area contributed by atoms with Gasteiger partial charge in [0.15, 0.2) is 0 Å². The highest BCUT2D eigenvalue weighted by atomic mass is 35.5. The van der Waals surface area contributed by atoms with E-state index in [1.165, 1.54) is 11.3 Å². The predicted octanol–water partition coefficient (Wildman–Crippen LogP) is 5.89. The summed E-state index contributed by atoms with van der Waals surface area (Å²) in [6.07, 6.45) is 2.57. The second kappa shape index (κ2) is 7.93. The summed E-state index contributed by atoms with van der Waals surface area (Å²) in [6, 6.07) is 11.3. The van der Waals surface area contributed by atoms with E-state index in [4.69, 9.17) is 16.3 Å². The molecule has 156 valence electrons. The molecule has 0 unspecified atom stereocenters. The van der Waals surface area contributed by atoms with E-state index in [0.717, 1.165) is 34.0 Å². The van der Waals surface area contributed by atoms with Crippen molar-refractivity contribution in [1.29, 1.82) is 0 Å². The van der Waals surface area contributed by atoms with Gasteiger partial charge in [0, 0.05) is 36.1 Å². The molecule has 4 rings (SSSR count). The van der Waals surface area contributed by atoms with E-state index in [1.54, 1.807) is 18.0 Å². The van der Waals surface area contributed by atoms with Crippen LogP contribution in [0.1, 0.15) is 36.0 Å². The summed E-state index contributed by atoms with van der Waals surface area (Å²) >= 11 is 7.75. The zero-order valence-electron chi connectivity index (χ0n) is 17.5. The van der Waals surface area contributed by atoms with Gasteiger partial charge in [-0.2, -0.15) is 0 Å². The molecular weight excluding hydrogens is 418 g/mol. The Hall–Kier alpha value is -2.57. The fourth-order valence-corrected chi connectivity index (χ4v) is 4.86. The Balaban J connectivity index is 1.67. The average Bonchev–Trinajstić information content (AvgIpc) is 3.03. The van der Waals surface area contributed by atoms with Crippen molar-refractivity contribution in [2.24, 2.45) is 0 Å². The molecule has 5 nitrogen and oxygen atoms in total. The van der Waals surface area contributed by atoms with Crippen molar-refractivity contribution in [3.8, 4) is 16.2 Å². The average molecular weight is 442 g/mol. The molecule has 7 heteroatoms. The Labute approximate surface area is 185 Å². The summed E-state index contributed by atoms with van der Waals surface area (Å²) in [7, 11) is 1.75. The van der Waals surface area contributed by atoms with Gasteiger partial charge in [-0.1, -0.05) is 23.7 Å². The molecule has 1 aliphatic heterocycles. The molecule has 2 aromatic heterocycles. The first-order chi connectivity index (χ1) is 14.2. The largest absolute Gasteiger partial charge is 0.492 e. The number of rotatable bonds is 3. The fourth-order valence-electron chi connectivity index (χ4n) is 3.40. The molecule has 0 spiro atoms. The Bertz CT molecular complexity index is 1100. The van der Waals surface area contributed by atoms with Crippen LogP contribution in [0.25, 0.3) is 10.4 Å². The van der Waals surface area contributed by atoms with Gasteiger partial charge in [0.2, 0.25) is 0 Å². The van der Waals surface area contributed by atoms with Crippen molar-refractivity contribution < 1.29 is 9.53 Å². The molecule has 3 heterocycles. The van der Waals surface area contributed by atoms with Crippen LogP contribution < -0.4 is 15.0 Å². The molecule has 0 atom stereocenters. The highest BCUT2D eigenvalue weighted by Gasteiger charge is 2.25. The van der Waals surface area contributed by atoms with Gasteiger partial charge in [-0.25, -0.2) is 4.98 Å². The third-order valence-corrected chi connectivity index (χ3v) is 6.30. The number of fused-ring (bicyclic) bond motifs is 3. The van der Waals surface area contributed by atoms with Crippen molar-refractivity contribution in [2.75, 3.05) is 23.9 Å². The molecule has 30 heavy (non-hydrogen) atoms. The molecule has 1 aliphatic rings. The topological polar surface area (TPSA) is 54.5 Å². The van der Waals surface area contributed by atoms with Gasteiger partial charge in [0.1, 0.15) is 11.6 Å². The normalized spacial score (nSPS) is 13.0. The van der Waals surface area contributed by atoms with Gasteiger partial charge in [-0.15, -0.1) is 11.3 Å². The second-order valence-electron chi connectivity index (χ2n) is 8.32. The lowest BCUT2D eigenvalue weighted by molar-refractivity contribution is 0.0996. The first kappa shape index (κ1) is 20.7. The molecule has 1 amide bonds. The van der Waals surface area contributed by atoms with Crippen LogP contribution in [0.15, 0.2) is 42.6 Å². The Morgan fingerprint density at radius 2 is 2.03 bits per heavy atom. The second-order valence-corrected chi connectivity index (χ2v) is 9.78. The number of thiophene rings is 1. The summed E-state index contributed by atoms with van der Waals surface area (Å²) in [5, 5.41) is 3.93. The molecule has 0 saturated heterocycles. The van der Waals surface area contributed by atoms with E-state index in [2.05, 4.69) is 31.1 Å². The Morgan fingerprint density at radius 1 is 1.27 bits per heavy atom. The van der Waals surface area contributed by atoms with Crippen LogP contribution in [0.5, 0.6) is 5.75 Å². The van der Waals surface area contributed by atoms with Crippen LogP contribution in [0, 0.1) is 0 Å². The van der Waals surface area contributed by atoms with Crippen molar-refractivity contribution in [3.05, 3.63) is 58.1 Å². The van der Waals surface area contributed by atoms with E-state index < -0.39 is 0 Å². The van der Waals surface area contributed by atoms with Gasteiger partial charge >= 0.3 is 0 Å². The number of nitrogens with zero attached hydrogens (tertiary/aromatic N) is 2. The summed E-state index contributed by atoms with van der Waals surface area (Å²) in [6.45, 7) is 6.83. The minimum atomic E-state index is -0.0943. The van der Waals surface area contributed by atoms with Crippen LogP contribution in [0.3, 0.4) is 0 Å². The zero-order valence-corrected chi connectivity index (χ0v) is 19.0. The lowest BCUT2D eigenvalue weighted by Gasteiger charge is -2.22. The van der Waals surface area contributed by atoms with Crippen molar-refractivity contribution >= 4 is 40.4 Å². The number of carbonyl (C=O) groups is 1. The van der Waals surface area contributed by atoms with Crippen LogP contribution >= 0.6 is 22.9 Å². The number of para-hydroxylation sites is 1. The summed E-state index contributed by atoms with van der Waals surface area (Å²) in [5.41, 5.74) is 2.62. The lowest BCUT2D eigenvalue weighted by atomic mass is 10.1. The first-order valence-electron chi connectivity index (χ1n) is 9.79. The van der Waals surface area contributed by atoms with Crippen molar-refractivity contribution in [2.45, 2.75) is 32.7 Å². The van der Waals surface area contributed by atoms with Crippen molar-refractivity contribution in [1.82, 2.24) is 4.98 Å². The van der Waals surface area contributed by atoms with Gasteiger partial charge in [-0.05, 0) is 44.5 Å². The minimum Gasteiger partial charge on any atom is -0.492 e. The van der Waals surface area contributed by atoms with E-state index in [1.807, 2.05) is 36.5 Å². The highest BCUT2D eigenvalue weighted by Crippen LogP contribution is 2.42. The number of ether oxygens (including phenoxy) is 1. The molecule has 0 bridgehead atoms. The molecule has 0 aliphatic carbocycles. The van der Waals surface area contributed by atoms with Crippen LogP contribution in [-0.2, 0) is 6.42 Å². The maximum atomic E-state index is 13.1. The monoisotopic (exact) mass is 441 g/mol. The van der Waals surface area contributed by atoms with Gasteiger partial charge < -0.3 is 15.0 Å². The number of anilines is 2. The lowest BCUT2D eigenvalue weighted by Crippen LogP contribution is -2.26. The number of benzene rings is 1. The quantitative estimate of drug-likeness (QED) is 0.551. The number of aromatic nitrogens is 1. The highest BCUT2D eigenvalue weighted by molar-refractivity contribution is 7.17. The summed E-state index contributed by atoms with van der Waals surface area (Å²) in [4.78, 5) is 21.0. The smallest absolute Gasteiger partial charge is 0.268 e. The minimum absolute atomic E-state index is 0.0809. The number of halogens is 1. The van der Waals surface area contributed by atoms with E-state index in [9.17, 15) is 4.79 Å². The number of amides is 1. The predicted molar refractivity (Wildman–Crippen MR) is 124 cm³/mol. The molecule has 3 aromatic rings. The van der Waals surface area contributed by atoms with Gasteiger partial charge in [0.25, 0.3) is 5.91 Å². The molecule has 1 N–H and O–H groups in total. The van der Waals surface area contributed by atoms with E-state index in [-0.39, 0.29) is 11.4 Å². The molecule has 1 aromatic carbocycles. The molecule has 0 radical (unpaired) electrons. The fraction of sp³-hybridized carbons (Fsp3) is 0.304. The summed E-state index contributed by atoms with van der Waals surface area (Å²) < 4.78 is 5.99. The van der Waals surface area contributed by atoms with Crippen LogP contribution in [-0.4, -0.2) is 30.1 Å². The number of hydrogen-bond donors (Lipinski definition) is 1. The maximum Gasteiger partial charge on any atom is 0.268 e. The van der Waals surface area contributed by atoms with Gasteiger partial charge in [0.05, 0.1) is 27.8 Å². The van der Waals surface area contributed by atoms with Crippen LogP contribution in [0.4, 0.5) is 11.5 Å². The Morgan fingerprint density at radius 3 is 2.77 bits per heavy atom. The number of carbonyl (C=O) groups excluding carboxylic acids is 1. The zero-order chi connectivity index (χ0) is 21.5.